The minimum atomic E-state index is -0.969. The lowest BCUT2D eigenvalue weighted by molar-refractivity contribution is -0.136. The van der Waals surface area contributed by atoms with Crippen molar-refractivity contribution in [3.63, 3.8) is 0 Å². The third-order valence-corrected chi connectivity index (χ3v) is 6.93. The second-order valence-electron chi connectivity index (χ2n) is 9.81. The first-order valence-electron chi connectivity index (χ1n) is 12.6. The summed E-state index contributed by atoms with van der Waals surface area (Å²) < 4.78 is 26.9. The Morgan fingerprint density at radius 2 is 1.53 bits per heavy atom. The van der Waals surface area contributed by atoms with Gasteiger partial charge in [-0.3, -0.25) is 14.4 Å². The van der Waals surface area contributed by atoms with Gasteiger partial charge in [0.25, 0.3) is 0 Å². The molecule has 1 aliphatic rings. The van der Waals surface area contributed by atoms with Gasteiger partial charge >= 0.3 is 0 Å². The maximum absolute atomic E-state index is 13.5. The fourth-order valence-electron chi connectivity index (χ4n) is 5.04. The van der Waals surface area contributed by atoms with Crippen LogP contribution in [0, 0.1) is 11.6 Å². The van der Waals surface area contributed by atoms with E-state index in [1.54, 1.807) is 11.9 Å². The van der Waals surface area contributed by atoms with Crippen molar-refractivity contribution in [3.8, 4) is 0 Å². The number of nitrogens with zero attached hydrogens (tertiary/aromatic N) is 1. The zero-order valence-corrected chi connectivity index (χ0v) is 21.4. The molecule has 1 fully saturated rings. The first kappa shape index (κ1) is 27.0. The Balaban J connectivity index is 1.51. The molecule has 3 aromatic rings. The predicted molar refractivity (Wildman–Crippen MR) is 140 cm³/mol. The Labute approximate surface area is 221 Å². The first-order chi connectivity index (χ1) is 18.2. The van der Waals surface area contributed by atoms with Crippen LogP contribution in [0.15, 0.2) is 78.9 Å². The highest BCUT2D eigenvalue weighted by atomic mass is 19.1. The number of carbonyl (C=O) groups excluding carboxylic acids is 3. The van der Waals surface area contributed by atoms with Gasteiger partial charge in [0.15, 0.2) is 0 Å². The van der Waals surface area contributed by atoms with Crippen LogP contribution < -0.4 is 10.6 Å². The number of amides is 3. The third-order valence-electron chi connectivity index (χ3n) is 6.93. The lowest BCUT2D eigenvalue weighted by Crippen LogP contribution is -2.54. The second kappa shape index (κ2) is 12.0. The SMILES string of the molecule is C[C@H](NC(=O)Cc1cc(F)cc(F)c1)C(=O)N[C@@H]1C(=O)N(C)C[C@@H](c2ccccc2)C[C@@H]1c1ccccc1. The normalized spacial score (nSPS) is 20.4. The fourth-order valence-corrected chi connectivity index (χ4v) is 5.04. The van der Waals surface area contributed by atoms with Gasteiger partial charge in [-0.25, -0.2) is 8.78 Å². The molecule has 0 spiro atoms. The molecule has 0 bridgehead atoms. The van der Waals surface area contributed by atoms with Gasteiger partial charge in [-0.2, -0.15) is 0 Å². The van der Waals surface area contributed by atoms with E-state index in [9.17, 15) is 23.2 Å². The maximum atomic E-state index is 13.5. The van der Waals surface area contributed by atoms with E-state index in [1.807, 2.05) is 60.7 Å². The summed E-state index contributed by atoms with van der Waals surface area (Å²) in [7, 11) is 1.73. The van der Waals surface area contributed by atoms with Crippen molar-refractivity contribution in [3.05, 3.63) is 107 Å². The van der Waals surface area contributed by atoms with Crippen LogP contribution in [0.2, 0.25) is 0 Å². The average Bonchev–Trinajstić information content (AvgIpc) is 3.01. The number of likely N-dealkylation sites (tertiary alicyclic amines) is 1. The molecule has 3 amide bonds. The van der Waals surface area contributed by atoms with Crippen molar-refractivity contribution in [1.29, 1.82) is 0 Å². The number of likely N-dealkylation sites (N-methyl/N-ethyl adjacent to an activating group) is 1. The molecule has 0 radical (unpaired) electrons. The maximum Gasteiger partial charge on any atom is 0.245 e. The van der Waals surface area contributed by atoms with Crippen molar-refractivity contribution < 1.29 is 23.2 Å². The number of carbonyl (C=O) groups is 3. The topological polar surface area (TPSA) is 78.5 Å². The van der Waals surface area contributed by atoms with Crippen molar-refractivity contribution in [2.45, 2.75) is 43.7 Å². The van der Waals surface area contributed by atoms with Crippen molar-refractivity contribution >= 4 is 17.7 Å². The number of hydrogen-bond donors (Lipinski definition) is 2. The summed E-state index contributed by atoms with van der Waals surface area (Å²) in [6.45, 7) is 2.02. The van der Waals surface area contributed by atoms with E-state index in [0.717, 1.165) is 29.3 Å². The molecule has 1 saturated heterocycles. The minimum Gasteiger partial charge on any atom is -0.344 e. The highest BCUT2D eigenvalue weighted by molar-refractivity contribution is 5.92. The molecule has 38 heavy (non-hydrogen) atoms. The van der Waals surface area contributed by atoms with Crippen molar-refractivity contribution in [2.75, 3.05) is 13.6 Å². The van der Waals surface area contributed by atoms with E-state index in [-0.39, 0.29) is 29.7 Å². The number of benzene rings is 3. The molecule has 2 N–H and O–H groups in total. The van der Waals surface area contributed by atoms with Crippen LogP contribution in [0.4, 0.5) is 8.78 Å². The number of nitrogens with one attached hydrogen (secondary N) is 2. The van der Waals surface area contributed by atoms with Crippen LogP contribution in [-0.2, 0) is 20.8 Å². The molecular formula is C30H31F2N3O3. The molecule has 0 saturated carbocycles. The van der Waals surface area contributed by atoms with Gasteiger partial charge in [-0.1, -0.05) is 60.7 Å². The van der Waals surface area contributed by atoms with Crippen LogP contribution in [0.25, 0.3) is 0 Å². The quantitative estimate of drug-likeness (QED) is 0.497. The van der Waals surface area contributed by atoms with Gasteiger partial charge in [0.1, 0.15) is 23.7 Å². The Hall–Kier alpha value is -4.07. The summed E-state index contributed by atoms with van der Waals surface area (Å²) in [6, 6.07) is 20.7. The van der Waals surface area contributed by atoms with Gasteiger partial charge in [0.2, 0.25) is 17.7 Å². The molecule has 4 atom stereocenters. The highest BCUT2D eigenvalue weighted by Crippen LogP contribution is 2.36. The predicted octanol–water partition coefficient (Wildman–Crippen LogP) is 3.93. The third kappa shape index (κ3) is 6.62. The number of hydrogen-bond acceptors (Lipinski definition) is 3. The standard InChI is InChI=1S/C30H31F2N3O3/c1-19(33-27(36)15-20-13-24(31)17-25(32)14-20)29(37)34-28-26(22-11-7-4-8-12-22)16-23(18-35(2)30(28)38)21-9-5-3-6-10-21/h3-14,17,19,23,26,28H,15-16,18H2,1-2H3,(H,33,36)(H,34,37)/t19-,23-,26+,28-/m0/s1. The van der Waals surface area contributed by atoms with Gasteiger partial charge in [0, 0.05) is 31.5 Å². The minimum absolute atomic E-state index is 0.0704. The van der Waals surface area contributed by atoms with Gasteiger partial charge in [0.05, 0.1) is 6.42 Å². The summed E-state index contributed by atoms with van der Waals surface area (Å²) in [5, 5.41) is 5.45. The molecule has 0 aliphatic carbocycles. The molecule has 0 aromatic heterocycles. The molecule has 1 heterocycles. The smallest absolute Gasteiger partial charge is 0.245 e. The fraction of sp³-hybridized carbons (Fsp3) is 0.300. The van der Waals surface area contributed by atoms with E-state index in [2.05, 4.69) is 10.6 Å². The van der Waals surface area contributed by atoms with Crippen LogP contribution >= 0.6 is 0 Å². The zero-order valence-electron chi connectivity index (χ0n) is 21.4. The van der Waals surface area contributed by atoms with Crippen LogP contribution in [0.5, 0.6) is 0 Å². The van der Waals surface area contributed by atoms with E-state index in [4.69, 9.17) is 0 Å². The lowest BCUT2D eigenvalue weighted by atomic mass is 9.82. The van der Waals surface area contributed by atoms with Crippen molar-refractivity contribution in [2.24, 2.45) is 0 Å². The van der Waals surface area contributed by atoms with Gasteiger partial charge in [-0.05, 0) is 42.2 Å². The Morgan fingerprint density at radius 1 is 0.947 bits per heavy atom. The summed E-state index contributed by atoms with van der Waals surface area (Å²) in [4.78, 5) is 40.9. The summed E-state index contributed by atoms with van der Waals surface area (Å²) in [5.41, 5.74) is 2.21. The van der Waals surface area contributed by atoms with E-state index in [1.165, 1.54) is 6.92 Å². The summed E-state index contributed by atoms with van der Waals surface area (Å²) in [5.74, 6) is -3.08. The van der Waals surface area contributed by atoms with Crippen molar-refractivity contribution in [1.82, 2.24) is 15.5 Å². The largest absolute Gasteiger partial charge is 0.344 e. The zero-order chi connectivity index (χ0) is 27.2. The van der Waals surface area contributed by atoms with E-state index in [0.29, 0.717) is 13.0 Å². The Morgan fingerprint density at radius 3 is 2.13 bits per heavy atom. The molecule has 8 heteroatoms. The lowest BCUT2D eigenvalue weighted by Gasteiger charge is -2.28. The van der Waals surface area contributed by atoms with E-state index < -0.39 is 35.5 Å². The molecule has 3 aromatic carbocycles. The van der Waals surface area contributed by atoms with Gasteiger partial charge < -0.3 is 15.5 Å². The molecule has 0 unspecified atom stereocenters. The van der Waals surface area contributed by atoms with Gasteiger partial charge in [-0.15, -0.1) is 0 Å². The Bertz CT molecular complexity index is 1270. The number of rotatable bonds is 7. The molecular weight excluding hydrogens is 488 g/mol. The summed E-state index contributed by atoms with van der Waals surface area (Å²) >= 11 is 0. The summed E-state index contributed by atoms with van der Waals surface area (Å²) in [6.07, 6.45) is 0.351. The van der Waals surface area contributed by atoms with E-state index >= 15 is 0 Å². The molecule has 4 rings (SSSR count). The second-order valence-corrected chi connectivity index (χ2v) is 9.81. The van der Waals surface area contributed by atoms with Crippen LogP contribution in [0.3, 0.4) is 0 Å². The van der Waals surface area contributed by atoms with Crippen LogP contribution in [-0.4, -0.2) is 48.3 Å². The molecule has 6 nitrogen and oxygen atoms in total. The molecule has 1 aliphatic heterocycles. The number of halogens is 2. The monoisotopic (exact) mass is 519 g/mol. The Kier molecular flexibility index (Phi) is 8.51. The van der Waals surface area contributed by atoms with Crippen LogP contribution in [0.1, 0.15) is 41.9 Å². The first-order valence-corrected chi connectivity index (χ1v) is 12.6. The molecule has 198 valence electrons. The highest BCUT2D eigenvalue weighted by Gasteiger charge is 2.39. The average molecular weight is 520 g/mol.